The number of hydrogen-bond acceptors (Lipinski definition) is 6. The van der Waals surface area contributed by atoms with Crippen molar-refractivity contribution in [3.63, 3.8) is 0 Å². The molecule has 6 nitrogen and oxygen atoms in total. The van der Waals surface area contributed by atoms with Gasteiger partial charge in [-0.25, -0.2) is 0 Å². The van der Waals surface area contributed by atoms with E-state index in [2.05, 4.69) is 5.32 Å². The van der Waals surface area contributed by atoms with Gasteiger partial charge in [0.25, 0.3) is 0 Å². The van der Waals surface area contributed by atoms with Gasteiger partial charge >= 0.3 is 11.9 Å². The SMILES string of the molecule is CCOC(=O)C(C)N1CCNCC1C(=O)OCC. The summed E-state index contributed by atoms with van der Waals surface area (Å²) in [5.41, 5.74) is 0. The van der Waals surface area contributed by atoms with Crippen LogP contribution >= 0.6 is 0 Å². The number of rotatable bonds is 5. The second-order valence-corrected chi connectivity index (χ2v) is 4.14. The maximum atomic E-state index is 11.8. The van der Waals surface area contributed by atoms with Gasteiger partial charge in [0.15, 0.2) is 0 Å². The lowest BCUT2D eigenvalue weighted by atomic mass is 10.1. The highest BCUT2D eigenvalue weighted by Crippen LogP contribution is 2.11. The van der Waals surface area contributed by atoms with Crippen LogP contribution in [0.4, 0.5) is 0 Å². The lowest BCUT2D eigenvalue weighted by molar-refractivity contribution is -0.157. The van der Waals surface area contributed by atoms with Crippen LogP contribution in [0.15, 0.2) is 0 Å². The number of piperazine rings is 1. The Morgan fingerprint density at radius 3 is 2.61 bits per heavy atom. The summed E-state index contributed by atoms with van der Waals surface area (Å²) in [5.74, 6) is -0.588. The predicted octanol–water partition coefficient (Wildman–Crippen LogP) is -0.225. The predicted molar refractivity (Wildman–Crippen MR) is 66.1 cm³/mol. The first-order valence-electron chi connectivity index (χ1n) is 6.41. The number of esters is 2. The Morgan fingerprint density at radius 1 is 1.33 bits per heavy atom. The molecule has 1 aliphatic heterocycles. The monoisotopic (exact) mass is 258 g/mol. The van der Waals surface area contributed by atoms with E-state index in [0.29, 0.717) is 26.3 Å². The van der Waals surface area contributed by atoms with Crippen molar-refractivity contribution in [1.29, 1.82) is 0 Å². The highest BCUT2D eigenvalue weighted by Gasteiger charge is 2.35. The lowest BCUT2D eigenvalue weighted by Crippen LogP contribution is -2.59. The van der Waals surface area contributed by atoms with E-state index in [1.165, 1.54) is 0 Å². The smallest absolute Gasteiger partial charge is 0.324 e. The molecule has 1 heterocycles. The van der Waals surface area contributed by atoms with Crippen molar-refractivity contribution in [2.45, 2.75) is 32.9 Å². The van der Waals surface area contributed by atoms with E-state index in [1.807, 2.05) is 4.90 Å². The Morgan fingerprint density at radius 2 is 2.00 bits per heavy atom. The molecule has 6 heteroatoms. The second-order valence-electron chi connectivity index (χ2n) is 4.14. The summed E-state index contributed by atoms with van der Waals surface area (Å²) < 4.78 is 10.0. The summed E-state index contributed by atoms with van der Waals surface area (Å²) in [6.45, 7) is 7.87. The van der Waals surface area contributed by atoms with E-state index in [1.54, 1.807) is 20.8 Å². The zero-order valence-electron chi connectivity index (χ0n) is 11.3. The largest absolute Gasteiger partial charge is 0.465 e. The van der Waals surface area contributed by atoms with Gasteiger partial charge in [0.1, 0.15) is 12.1 Å². The average Bonchev–Trinajstić information content (AvgIpc) is 2.38. The quantitative estimate of drug-likeness (QED) is 0.687. The fourth-order valence-corrected chi connectivity index (χ4v) is 2.04. The van der Waals surface area contributed by atoms with Crippen LogP contribution in [0.25, 0.3) is 0 Å². The third-order valence-corrected chi connectivity index (χ3v) is 2.97. The number of ether oxygens (including phenoxy) is 2. The van der Waals surface area contributed by atoms with Crippen molar-refractivity contribution in [3.05, 3.63) is 0 Å². The molecule has 1 fully saturated rings. The topological polar surface area (TPSA) is 67.9 Å². The summed E-state index contributed by atoms with van der Waals surface area (Å²) in [4.78, 5) is 25.4. The molecule has 0 spiro atoms. The molecule has 0 aliphatic carbocycles. The van der Waals surface area contributed by atoms with Crippen LogP contribution in [0.2, 0.25) is 0 Å². The molecule has 0 aromatic heterocycles. The van der Waals surface area contributed by atoms with Gasteiger partial charge in [0.2, 0.25) is 0 Å². The third-order valence-electron chi connectivity index (χ3n) is 2.97. The summed E-state index contributed by atoms with van der Waals surface area (Å²) in [6, 6.07) is -0.848. The van der Waals surface area contributed by atoms with Gasteiger partial charge in [-0.1, -0.05) is 0 Å². The normalized spacial score (nSPS) is 22.3. The van der Waals surface area contributed by atoms with Gasteiger partial charge in [-0.2, -0.15) is 0 Å². The van der Waals surface area contributed by atoms with Gasteiger partial charge < -0.3 is 14.8 Å². The van der Waals surface area contributed by atoms with Crippen LogP contribution in [0, 0.1) is 0 Å². The van der Waals surface area contributed by atoms with Crippen LogP contribution in [0.3, 0.4) is 0 Å². The highest BCUT2D eigenvalue weighted by atomic mass is 16.5. The van der Waals surface area contributed by atoms with Crippen molar-refractivity contribution < 1.29 is 19.1 Å². The Hall–Kier alpha value is -1.14. The van der Waals surface area contributed by atoms with Crippen molar-refractivity contribution in [2.75, 3.05) is 32.8 Å². The van der Waals surface area contributed by atoms with Crippen LogP contribution < -0.4 is 5.32 Å². The molecular weight excluding hydrogens is 236 g/mol. The average molecular weight is 258 g/mol. The number of hydrogen-bond donors (Lipinski definition) is 1. The maximum absolute atomic E-state index is 11.8. The molecule has 0 saturated carbocycles. The Labute approximate surface area is 108 Å². The molecule has 0 amide bonds. The lowest BCUT2D eigenvalue weighted by Gasteiger charge is -2.37. The molecule has 0 bridgehead atoms. The zero-order chi connectivity index (χ0) is 13.5. The Balaban J connectivity index is 2.69. The van der Waals surface area contributed by atoms with E-state index < -0.39 is 12.1 Å². The highest BCUT2D eigenvalue weighted by molar-refractivity contribution is 5.79. The first-order chi connectivity index (χ1) is 8.61. The molecular formula is C12H22N2O4. The van der Waals surface area contributed by atoms with Crippen LogP contribution in [-0.2, 0) is 19.1 Å². The fraction of sp³-hybridized carbons (Fsp3) is 0.833. The van der Waals surface area contributed by atoms with Crippen molar-refractivity contribution in [1.82, 2.24) is 10.2 Å². The minimum Gasteiger partial charge on any atom is -0.465 e. The molecule has 0 aromatic carbocycles. The van der Waals surface area contributed by atoms with E-state index in [0.717, 1.165) is 6.54 Å². The van der Waals surface area contributed by atoms with Crippen molar-refractivity contribution in [2.24, 2.45) is 0 Å². The third kappa shape index (κ3) is 3.68. The van der Waals surface area contributed by atoms with E-state index >= 15 is 0 Å². The molecule has 2 unspecified atom stereocenters. The zero-order valence-corrected chi connectivity index (χ0v) is 11.3. The van der Waals surface area contributed by atoms with Gasteiger partial charge in [0.05, 0.1) is 13.2 Å². The van der Waals surface area contributed by atoms with Crippen LogP contribution in [-0.4, -0.2) is 61.8 Å². The van der Waals surface area contributed by atoms with E-state index in [-0.39, 0.29) is 11.9 Å². The van der Waals surface area contributed by atoms with E-state index in [4.69, 9.17) is 9.47 Å². The van der Waals surface area contributed by atoms with Gasteiger partial charge in [-0.15, -0.1) is 0 Å². The van der Waals surface area contributed by atoms with Crippen molar-refractivity contribution >= 4 is 11.9 Å². The number of carbonyl (C=O) groups is 2. The number of nitrogens with zero attached hydrogens (tertiary/aromatic N) is 1. The first-order valence-corrected chi connectivity index (χ1v) is 6.41. The fourth-order valence-electron chi connectivity index (χ4n) is 2.04. The molecule has 104 valence electrons. The molecule has 18 heavy (non-hydrogen) atoms. The van der Waals surface area contributed by atoms with E-state index in [9.17, 15) is 9.59 Å². The molecule has 0 radical (unpaired) electrons. The van der Waals surface area contributed by atoms with Gasteiger partial charge in [-0.3, -0.25) is 14.5 Å². The Kier molecular flexibility index (Phi) is 6.07. The minimum atomic E-state index is -0.429. The Bertz CT molecular complexity index is 296. The second kappa shape index (κ2) is 7.33. The molecule has 0 aromatic rings. The standard InChI is InChI=1S/C12H22N2O4/c1-4-17-11(15)9(3)14-7-6-13-8-10(14)12(16)18-5-2/h9-10,13H,4-8H2,1-3H3. The first kappa shape index (κ1) is 14.9. The molecule has 2 atom stereocenters. The number of carbonyl (C=O) groups excluding carboxylic acids is 2. The molecule has 1 rings (SSSR count). The summed E-state index contributed by atoms with van der Waals surface area (Å²) in [7, 11) is 0. The van der Waals surface area contributed by atoms with Gasteiger partial charge in [-0.05, 0) is 20.8 Å². The maximum Gasteiger partial charge on any atom is 0.324 e. The molecule has 1 aliphatic rings. The molecule has 1 N–H and O–H groups in total. The van der Waals surface area contributed by atoms with Crippen LogP contribution in [0.1, 0.15) is 20.8 Å². The molecule has 1 saturated heterocycles. The number of nitrogens with one attached hydrogen (secondary N) is 1. The van der Waals surface area contributed by atoms with Crippen LogP contribution in [0.5, 0.6) is 0 Å². The summed E-state index contributed by atoms with van der Waals surface area (Å²) in [6.07, 6.45) is 0. The summed E-state index contributed by atoms with van der Waals surface area (Å²) in [5, 5.41) is 3.14. The summed E-state index contributed by atoms with van der Waals surface area (Å²) >= 11 is 0. The minimum absolute atomic E-state index is 0.291. The van der Waals surface area contributed by atoms with Crippen molar-refractivity contribution in [3.8, 4) is 0 Å². The van der Waals surface area contributed by atoms with Gasteiger partial charge in [0, 0.05) is 19.6 Å².